The molecule has 0 fully saturated rings. The summed E-state index contributed by atoms with van der Waals surface area (Å²) in [6.07, 6.45) is 2.99. The average Bonchev–Trinajstić information content (AvgIpc) is 2.39. The molecule has 0 aromatic heterocycles. The van der Waals surface area contributed by atoms with Crippen LogP contribution in [0, 0.1) is 0 Å². The Morgan fingerprint density at radius 1 is 1.32 bits per heavy atom. The van der Waals surface area contributed by atoms with Crippen molar-refractivity contribution in [3.05, 3.63) is 18.2 Å². The minimum atomic E-state index is -3.51. The molecule has 0 radical (unpaired) electrons. The molecule has 6 heteroatoms. The molecule has 1 rings (SSSR count). The summed E-state index contributed by atoms with van der Waals surface area (Å²) in [7, 11) is -2.12. The molecule has 0 aliphatic rings. The van der Waals surface area contributed by atoms with Crippen molar-refractivity contribution < 1.29 is 8.42 Å². The van der Waals surface area contributed by atoms with E-state index in [1.54, 1.807) is 12.1 Å². The molecule has 0 amide bonds. The first-order valence-electron chi connectivity index (χ1n) is 6.54. The SMILES string of the molecule is CCCC(CC)Nc1ccc(N)cc1S(=O)(=O)NC. The van der Waals surface area contributed by atoms with E-state index in [4.69, 9.17) is 5.73 Å². The number of sulfonamides is 1. The number of benzene rings is 1. The van der Waals surface area contributed by atoms with Crippen LogP contribution >= 0.6 is 0 Å². The van der Waals surface area contributed by atoms with Crippen LogP contribution in [-0.2, 0) is 10.0 Å². The van der Waals surface area contributed by atoms with Crippen LogP contribution in [0.15, 0.2) is 23.1 Å². The smallest absolute Gasteiger partial charge is 0.242 e. The van der Waals surface area contributed by atoms with Crippen LogP contribution in [0.4, 0.5) is 11.4 Å². The summed E-state index contributed by atoms with van der Waals surface area (Å²) in [6.45, 7) is 4.19. The highest BCUT2D eigenvalue weighted by molar-refractivity contribution is 7.89. The van der Waals surface area contributed by atoms with Crippen LogP contribution in [0.5, 0.6) is 0 Å². The number of hydrogen-bond acceptors (Lipinski definition) is 4. The molecule has 1 unspecified atom stereocenters. The zero-order valence-corrected chi connectivity index (χ0v) is 12.5. The van der Waals surface area contributed by atoms with Gasteiger partial charge in [0, 0.05) is 11.7 Å². The van der Waals surface area contributed by atoms with E-state index in [1.807, 2.05) is 0 Å². The van der Waals surface area contributed by atoms with Gasteiger partial charge in [0.25, 0.3) is 0 Å². The fourth-order valence-electron chi connectivity index (χ4n) is 1.94. The van der Waals surface area contributed by atoms with Crippen molar-refractivity contribution in [1.82, 2.24) is 4.72 Å². The molecular weight excluding hydrogens is 262 g/mol. The lowest BCUT2D eigenvalue weighted by atomic mass is 10.1. The number of nitrogens with two attached hydrogens (primary N) is 1. The lowest BCUT2D eigenvalue weighted by molar-refractivity contribution is 0.587. The average molecular weight is 285 g/mol. The lowest BCUT2D eigenvalue weighted by Gasteiger charge is -2.20. The highest BCUT2D eigenvalue weighted by atomic mass is 32.2. The summed E-state index contributed by atoms with van der Waals surface area (Å²) in [5.74, 6) is 0. The summed E-state index contributed by atoms with van der Waals surface area (Å²) in [5, 5.41) is 3.29. The Hall–Kier alpha value is -1.27. The summed E-state index contributed by atoms with van der Waals surface area (Å²) in [5.41, 5.74) is 6.71. The summed E-state index contributed by atoms with van der Waals surface area (Å²) >= 11 is 0. The van der Waals surface area contributed by atoms with Gasteiger partial charge in [0.1, 0.15) is 4.90 Å². The normalized spacial score (nSPS) is 13.2. The van der Waals surface area contributed by atoms with Gasteiger partial charge in [0.05, 0.1) is 5.69 Å². The van der Waals surface area contributed by atoms with E-state index in [0.717, 1.165) is 19.3 Å². The largest absolute Gasteiger partial charge is 0.399 e. The third kappa shape index (κ3) is 4.11. The third-order valence-corrected chi connectivity index (χ3v) is 4.51. The van der Waals surface area contributed by atoms with Gasteiger partial charge in [-0.2, -0.15) is 0 Å². The number of anilines is 2. The van der Waals surface area contributed by atoms with Crippen molar-refractivity contribution in [3.8, 4) is 0 Å². The van der Waals surface area contributed by atoms with Crippen molar-refractivity contribution in [1.29, 1.82) is 0 Å². The van der Waals surface area contributed by atoms with Crippen molar-refractivity contribution in [2.75, 3.05) is 18.1 Å². The van der Waals surface area contributed by atoms with E-state index in [0.29, 0.717) is 11.4 Å². The Morgan fingerprint density at radius 3 is 2.53 bits per heavy atom. The van der Waals surface area contributed by atoms with Crippen molar-refractivity contribution in [2.45, 2.75) is 44.0 Å². The zero-order chi connectivity index (χ0) is 14.5. The minimum Gasteiger partial charge on any atom is -0.399 e. The molecule has 0 aliphatic carbocycles. The van der Waals surface area contributed by atoms with Crippen LogP contribution < -0.4 is 15.8 Å². The standard InChI is InChI=1S/C13H23N3O2S/c1-4-6-11(5-2)16-12-8-7-10(14)9-13(12)19(17,18)15-3/h7-9,11,15-16H,4-6,14H2,1-3H3. The monoisotopic (exact) mass is 285 g/mol. The quantitative estimate of drug-likeness (QED) is 0.670. The Labute approximate surface area is 115 Å². The summed E-state index contributed by atoms with van der Waals surface area (Å²) in [6, 6.07) is 5.17. The first-order valence-corrected chi connectivity index (χ1v) is 8.02. The number of nitrogen functional groups attached to an aromatic ring is 1. The number of nitrogens with one attached hydrogen (secondary N) is 2. The molecule has 0 heterocycles. The molecule has 0 bridgehead atoms. The van der Waals surface area contributed by atoms with Gasteiger partial charge in [-0.25, -0.2) is 13.1 Å². The van der Waals surface area contributed by atoms with Crippen LogP contribution in [0.25, 0.3) is 0 Å². The molecule has 19 heavy (non-hydrogen) atoms. The maximum atomic E-state index is 12.0. The van der Waals surface area contributed by atoms with Gasteiger partial charge in [0.15, 0.2) is 0 Å². The topological polar surface area (TPSA) is 84.2 Å². The molecule has 0 aliphatic heterocycles. The van der Waals surface area contributed by atoms with Gasteiger partial charge in [-0.15, -0.1) is 0 Å². The fraction of sp³-hybridized carbons (Fsp3) is 0.538. The molecule has 1 aromatic rings. The predicted molar refractivity (Wildman–Crippen MR) is 79.7 cm³/mol. The summed E-state index contributed by atoms with van der Waals surface area (Å²) in [4.78, 5) is 0.199. The highest BCUT2D eigenvalue weighted by Crippen LogP contribution is 2.25. The zero-order valence-electron chi connectivity index (χ0n) is 11.7. The molecule has 1 aromatic carbocycles. The van der Waals surface area contributed by atoms with Gasteiger partial charge < -0.3 is 11.1 Å². The van der Waals surface area contributed by atoms with Crippen LogP contribution in [0.1, 0.15) is 33.1 Å². The van der Waals surface area contributed by atoms with E-state index >= 15 is 0 Å². The molecule has 1 atom stereocenters. The van der Waals surface area contributed by atoms with Crippen molar-refractivity contribution in [3.63, 3.8) is 0 Å². The highest BCUT2D eigenvalue weighted by Gasteiger charge is 2.18. The van der Waals surface area contributed by atoms with E-state index in [1.165, 1.54) is 13.1 Å². The van der Waals surface area contributed by atoms with Gasteiger partial charge in [-0.05, 0) is 38.1 Å². The van der Waals surface area contributed by atoms with Gasteiger partial charge in [0.2, 0.25) is 10.0 Å². The fourth-order valence-corrected chi connectivity index (χ4v) is 2.86. The van der Waals surface area contributed by atoms with Gasteiger partial charge in [-0.3, -0.25) is 0 Å². The van der Waals surface area contributed by atoms with E-state index in [9.17, 15) is 8.42 Å². The predicted octanol–water partition coefficient (Wildman–Crippen LogP) is 2.17. The number of rotatable bonds is 7. The number of hydrogen-bond donors (Lipinski definition) is 3. The Kier molecular flexibility index (Phi) is 5.62. The molecule has 0 spiro atoms. The van der Waals surface area contributed by atoms with E-state index < -0.39 is 10.0 Å². The second-order valence-corrected chi connectivity index (χ2v) is 6.36. The molecule has 4 N–H and O–H groups in total. The minimum absolute atomic E-state index is 0.199. The van der Waals surface area contributed by atoms with Crippen LogP contribution in [0.2, 0.25) is 0 Å². The third-order valence-electron chi connectivity index (χ3n) is 3.05. The molecule has 0 saturated heterocycles. The first-order chi connectivity index (χ1) is 8.94. The molecule has 108 valence electrons. The Balaban J connectivity index is 3.14. The second kappa shape index (κ2) is 6.77. The Morgan fingerprint density at radius 2 is 2.00 bits per heavy atom. The van der Waals surface area contributed by atoms with Crippen LogP contribution in [-0.4, -0.2) is 21.5 Å². The molecule has 5 nitrogen and oxygen atoms in total. The lowest BCUT2D eigenvalue weighted by Crippen LogP contribution is -2.24. The van der Waals surface area contributed by atoms with E-state index in [-0.39, 0.29) is 10.9 Å². The van der Waals surface area contributed by atoms with Crippen LogP contribution in [0.3, 0.4) is 0 Å². The van der Waals surface area contributed by atoms with Gasteiger partial charge in [-0.1, -0.05) is 20.3 Å². The van der Waals surface area contributed by atoms with E-state index in [2.05, 4.69) is 23.9 Å². The molecule has 0 saturated carbocycles. The van der Waals surface area contributed by atoms with Crippen molar-refractivity contribution in [2.24, 2.45) is 0 Å². The van der Waals surface area contributed by atoms with Crippen molar-refractivity contribution >= 4 is 21.4 Å². The van der Waals surface area contributed by atoms with Gasteiger partial charge >= 0.3 is 0 Å². The Bertz CT molecular complexity index is 515. The maximum absolute atomic E-state index is 12.0. The maximum Gasteiger partial charge on any atom is 0.242 e. The molecular formula is C13H23N3O2S. The first kappa shape index (κ1) is 15.8. The summed E-state index contributed by atoms with van der Waals surface area (Å²) < 4.78 is 26.3. The second-order valence-electron chi connectivity index (χ2n) is 4.50.